The molecule has 18 heavy (non-hydrogen) atoms. The number of nitrogens with one attached hydrogen (secondary N) is 1. The zero-order valence-corrected chi connectivity index (χ0v) is 10.6. The maximum atomic E-state index is 8.64. The molecule has 0 aromatic carbocycles. The molecule has 1 atom stereocenters. The second kappa shape index (κ2) is 4.88. The first-order chi connectivity index (χ1) is 8.60. The summed E-state index contributed by atoms with van der Waals surface area (Å²) < 4.78 is 5.49. The number of rotatable bonds is 3. The van der Waals surface area contributed by atoms with Gasteiger partial charge in [0.25, 0.3) is 0 Å². The van der Waals surface area contributed by atoms with Gasteiger partial charge in [0.05, 0.1) is 18.4 Å². The number of nitriles is 1. The van der Waals surface area contributed by atoms with Crippen LogP contribution in [0.1, 0.15) is 35.7 Å². The molecule has 0 amide bonds. The van der Waals surface area contributed by atoms with Crippen molar-refractivity contribution in [3.05, 3.63) is 41.2 Å². The highest BCUT2D eigenvalue weighted by Gasteiger charge is 2.13. The van der Waals surface area contributed by atoms with Crippen molar-refractivity contribution in [2.75, 3.05) is 5.32 Å². The number of furan rings is 1. The van der Waals surface area contributed by atoms with Crippen molar-refractivity contribution >= 4 is 5.82 Å². The molecule has 0 bridgehead atoms. The summed E-state index contributed by atoms with van der Waals surface area (Å²) in [6.07, 6.45) is 3.00. The van der Waals surface area contributed by atoms with Crippen LogP contribution in [0.4, 0.5) is 5.82 Å². The van der Waals surface area contributed by atoms with E-state index in [1.54, 1.807) is 6.20 Å². The lowest BCUT2D eigenvalue weighted by Crippen LogP contribution is -2.08. The molecular weight excluding hydrogens is 228 g/mol. The third-order valence-electron chi connectivity index (χ3n) is 2.68. The van der Waals surface area contributed by atoms with E-state index < -0.39 is 0 Å². The van der Waals surface area contributed by atoms with E-state index in [4.69, 9.17) is 9.68 Å². The van der Waals surface area contributed by atoms with Gasteiger partial charge >= 0.3 is 0 Å². The Kier molecular flexibility index (Phi) is 3.28. The third-order valence-corrected chi connectivity index (χ3v) is 2.68. The lowest BCUT2D eigenvalue weighted by Gasteiger charge is -2.13. The van der Waals surface area contributed by atoms with E-state index in [1.807, 2.05) is 32.9 Å². The molecule has 0 saturated carbocycles. The summed E-state index contributed by atoms with van der Waals surface area (Å²) in [5.74, 6) is 2.43. The van der Waals surface area contributed by atoms with Crippen LogP contribution >= 0.6 is 0 Å². The zero-order chi connectivity index (χ0) is 13.1. The zero-order valence-electron chi connectivity index (χ0n) is 10.6. The molecule has 0 radical (unpaired) electrons. The van der Waals surface area contributed by atoms with Gasteiger partial charge in [0.15, 0.2) is 5.69 Å². The van der Waals surface area contributed by atoms with Crippen LogP contribution in [0, 0.1) is 25.2 Å². The standard InChI is InChI=1S/C13H14N4O/c1-8-4-12(10(3)18-8)9(2)17-13-7-15-11(5-14)6-16-13/h4,6-7,9H,1-3H3,(H,16,17). The molecule has 0 aliphatic carbocycles. The van der Waals surface area contributed by atoms with Crippen LogP contribution in [0.25, 0.3) is 0 Å². The predicted octanol–water partition coefficient (Wildman–Crippen LogP) is 2.73. The monoisotopic (exact) mass is 242 g/mol. The van der Waals surface area contributed by atoms with Crippen LogP contribution in [0.5, 0.6) is 0 Å². The van der Waals surface area contributed by atoms with Crippen molar-refractivity contribution in [3.63, 3.8) is 0 Å². The Morgan fingerprint density at radius 3 is 2.61 bits per heavy atom. The van der Waals surface area contributed by atoms with Crippen molar-refractivity contribution in [2.45, 2.75) is 26.8 Å². The number of hydrogen-bond donors (Lipinski definition) is 1. The fourth-order valence-corrected chi connectivity index (χ4v) is 1.84. The van der Waals surface area contributed by atoms with E-state index in [-0.39, 0.29) is 6.04 Å². The molecule has 2 aromatic rings. The van der Waals surface area contributed by atoms with Crippen molar-refractivity contribution in [1.82, 2.24) is 9.97 Å². The van der Waals surface area contributed by atoms with Crippen LogP contribution in [-0.2, 0) is 0 Å². The van der Waals surface area contributed by atoms with Crippen molar-refractivity contribution in [3.8, 4) is 6.07 Å². The summed E-state index contributed by atoms with van der Waals surface area (Å²) in [6.45, 7) is 5.88. The maximum Gasteiger partial charge on any atom is 0.158 e. The minimum atomic E-state index is 0.0738. The Morgan fingerprint density at radius 1 is 1.33 bits per heavy atom. The average Bonchev–Trinajstić information content (AvgIpc) is 2.69. The predicted molar refractivity (Wildman–Crippen MR) is 67.0 cm³/mol. The van der Waals surface area contributed by atoms with Crippen molar-refractivity contribution < 1.29 is 4.42 Å². The minimum Gasteiger partial charge on any atom is -0.466 e. The van der Waals surface area contributed by atoms with Crippen LogP contribution in [0.3, 0.4) is 0 Å². The Morgan fingerprint density at radius 2 is 2.11 bits per heavy atom. The highest BCUT2D eigenvalue weighted by molar-refractivity contribution is 5.38. The molecule has 2 aromatic heterocycles. The van der Waals surface area contributed by atoms with Gasteiger partial charge in [-0.15, -0.1) is 0 Å². The number of hydrogen-bond acceptors (Lipinski definition) is 5. The van der Waals surface area contributed by atoms with E-state index in [2.05, 4.69) is 15.3 Å². The normalized spacial score (nSPS) is 11.9. The first-order valence-electron chi connectivity index (χ1n) is 5.65. The third kappa shape index (κ3) is 2.48. The smallest absolute Gasteiger partial charge is 0.158 e. The molecule has 1 N–H and O–H groups in total. The molecule has 0 fully saturated rings. The highest BCUT2D eigenvalue weighted by atomic mass is 16.3. The van der Waals surface area contributed by atoms with Gasteiger partial charge in [-0.3, -0.25) is 0 Å². The van der Waals surface area contributed by atoms with Gasteiger partial charge in [0, 0.05) is 5.56 Å². The first kappa shape index (κ1) is 12.1. The van der Waals surface area contributed by atoms with E-state index in [9.17, 15) is 0 Å². The summed E-state index contributed by atoms with van der Waals surface area (Å²) >= 11 is 0. The maximum absolute atomic E-state index is 8.64. The average molecular weight is 242 g/mol. The SMILES string of the molecule is Cc1cc(C(C)Nc2cnc(C#N)cn2)c(C)o1. The largest absolute Gasteiger partial charge is 0.466 e. The summed E-state index contributed by atoms with van der Waals surface area (Å²) in [5, 5.41) is 11.9. The van der Waals surface area contributed by atoms with Crippen LogP contribution in [0.15, 0.2) is 22.9 Å². The Bertz CT molecular complexity index is 580. The molecule has 0 saturated heterocycles. The van der Waals surface area contributed by atoms with Gasteiger partial charge in [-0.05, 0) is 26.8 Å². The van der Waals surface area contributed by atoms with Crippen molar-refractivity contribution in [1.29, 1.82) is 5.26 Å². The highest BCUT2D eigenvalue weighted by Crippen LogP contribution is 2.23. The molecule has 2 rings (SSSR count). The number of anilines is 1. The van der Waals surface area contributed by atoms with Gasteiger partial charge in [-0.25, -0.2) is 9.97 Å². The molecule has 0 aliphatic heterocycles. The molecule has 1 unspecified atom stereocenters. The summed E-state index contributed by atoms with van der Waals surface area (Å²) in [5.41, 5.74) is 1.40. The summed E-state index contributed by atoms with van der Waals surface area (Å²) in [4.78, 5) is 8.09. The Balaban J connectivity index is 2.13. The molecular formula is C13H14N4O. The summed E-state index contributed by atoms with van der Waals surface area (Å²) in [6, 6.07) is 4.01. The second-order valence-electron chi connectivity index (χ2n) is 4.13. The molecule has 5 nitrogen and oxygen atoms in total. The van der Waals surface area contributed by atoms with Gasteiger partial charge < -0.3 is 9.73 Å². The van der Waals surface area contributed by atoms with Crippen LogP contribution in [0.2, 0.25) is 0 Å². The van der Waals surface area contributed by atoms with Crippen LogP contribution in [-0.4, -0.2) is 9.97 Å². The topological polar surface area (TPSA) is 74.7 Å². The second-order valence-corrected chi connectivity index (χ2v) is 4.13. The molecule has 92 valence electrons. The van der Waals surface area contributed by atoms with Gasteiger partial charge in [0.2, 0.25) is 0 Å². The lowest BCUT2D eigenvalue weighted by atomic mass is 10.1. The molecule has 0 aliphatic rings. The Labute approximate surface area is 105 Å². The van der Waals surface area contributed by atoms with Crippen LogP contribution < -0.4 is 5.32 Å². The van der Waals surface area contributed by atoms with E-state index in [0.717, 1.165) is 17.1 Å². The van der Waals surface area contributed by atoms with E-state index in [1.165, 1.54) is 6.20 Å². The summed E-state index contributed by atoms with van der Waals surface area (Å²) in [7, 11) is 0. The number of aromatic nitrogens is 2. The fraction of sp³-hybridized carbons (Fsp3) is 0.308. The van der Waals surface area contributed by atoms with Gasteiger partial charge in [-0.1, -0.05) is 0 Å². The quantitative estimate of drug-likeness (QED) is 0.895. The molecule has 2 heterocycles. The minimum absolute atomic E-state index is 0.0738. The van der Waals surface area contributed by atoms with E-state index in [0.29, 0.717) is 11.5 Å². The molecule has 5 heteroatoms. The first-order valence-corrected chi connectivity index (χ1v) is 5.65. The lowest BCUT2D eigenvalue weighted by molar-refractivity contribution is 0.499. The Hall–Kier alpha value is -2.35. The van der Waals surface area contributed by atoms with Crippen molar-refractivity contribution in [2.24, 2.45) is 0 Å². The fourth-order valence-electron chi connectivity index (χ4n) is 1.84. The van der Waals surface area contributed by atoms with Gasteiger partial charge in [-0.2, -0.15) is 5.26 Å². The van der Waals surface area contributed by atoms with E-state index >= 15 is 0 Å². The van der Waals surface area contributed by atoms with Gasteiger partial charge in [0.1, 0.15) is 23.4 Å². The number of nitrogens with zero attached hydrogens (tertiary/aromatic N) is 3. The number of aryl methyl sites for hydroxylation is 2. The molecule has 0 spiro atoms.